The summed E-state index contributed by atoms with van der Waals surface area (Å²) in [5, 5.41) is 7.92. The minimum absolute atomic E-state index is 0.175. The van der Waals surface area contributed by atoms with E-state index in [4.69, 9.17) is 9.72 Å². The number of nitrogens with zero attached hydrogens (tertiary/aromatic N) is 4. The molecule has 0 unspecified atom stereocenters. The quantitative estimate of drug-likeness (QED) is 0.576. The van der Waals surface area contributed by atoms with Crippen molar-refractivity contribution in [2.75, 3.05) is 39.3 Å². The van der Waals surface area contributed by atoms with E-state index in [0.29, 0.717) is 23.5 Å². The second-order valence-electron chi connectivity index (χ2n) is 8.04. The van der Waals surface area contributed by atoms with Crippen LogP contribution >= 0.6 is 0 Å². The Morgan fingerprint density at radius 1 is 1.16 bits per heavy atom. The fraction of sp³-hybridized carbons (Fsp3) is 0.522. The van der Waals surface area contributed by atoms with Crippen LogP contribution in [-0.4, -0.2) is 64.0 Å². The third kappa shape index (κ3) is 4.65. The smallest absolute Gasteiger partial charge is 0.277 e. The second-order valence-corrected chi connectivity index (χ2v) is 8.04. The molecule has 0 amide bonds. The summed E-state index contributed by atoms with van der Waals surface area (Å²) in [4.78, 5) is 23.2. The van der Waals surface area contributed by atoms with Gasteiger partial charge in [0.1, 0.15) is 17.1 Å². The van der Waals surface area contributed by atoms with E-state index >= 15 is 0 Å². The van der Waals surface area contributed by atoms with Crippen molar-refractivity contribution < 1.29 is 4.74 Å². The number of ether oxygens (including phenoxy) is 1. The fourth-order valence-corrected chi connectivity index (χ4v) is 4.20. The number of aromatic amines is 1. The van der Waals surface area contributed by atoms with E-state index in [-0.39, 0.29) is 5.56 Å². The van der Waals surface area contributed by atoms with Crippen molar-refractivity contribution in [1.29, 1.82) is 0 Å². The van der Waals surface area contributed by atoms with Gasteiger partial charge in [-0.15, -0.1) is 0 Å². The lowest BCUT2D eigenvalue weighted by Gasteiger charge is -2.27. The molecule has 1 aromatic carbocycles. The maximum atomic E-state index is 12.9. The van der Waals surface area contributed by atoms with E-state index in [0.717, 1.165) is 69.0 Å². The highest BCUT2D eigenvalue weighted by Crippen LogP contribution is 2.30. The zero-order chi connectivity index (χ0) is 21.8. The SMILES string of the molecule is CCCc1nn(C)c2c(=O)[nH]c(-c3cc(CCN4CCNCC4)ccc3OCC)nc12. The number of H-pyrrole nitrogens is 1. The van der Waals surface area contributed by atoms with E-state index in [1.807, 2.05) is 13.0 Å². The van der Waals surface area contributed by atoms with Crippen LogP contribution in [-0.2, 0) is 19.9 Å². The van der Waals surface area contributed by atoms with E-state index in [1.165, 1.54) is 5.56 Å². The van der Waals surface area contributed by atoms with Gasteiger partial charge in [0, 0.05) is 39.8 Å². The average Bonchev–Trinajstić information content (AvgIpc) is 3.10. The van der Waals surface area contributed by atoms with Gasteiger partial charge in [0.05, 0.1) is 17.9 Å². The molecule has 1 saturated heterocycles. The van der Waals surface area contributed by atoms with Gasteiger partial charge in [0.2, 0.25) is 0 Å². The first-order chi connectivity index (χ1) is 15.1. The van der Waals surface area contributed by atoms with Crippen molar-refractivity contribution in [2.24, 2.45) is 7.05 Å². The summed E-state index contributed by atoms with van der Waals surface area (Å²) in [6.45, 7) is 9.88. The Labute approximate surface area is 182 Å². The molecule has 4 rings (SSSR count). The minimum atomic E-state index is -0.175. The highest BCUT2D eigenvalue weighted by Gasteiger charge is 2.18. The van der Waals surface area contributed by atoms with Crippen molar-refractivity contribution >= 4 is 11.0 Å². The number of rotatable bonds is 8. The van der Waals surface area contributed by atoms with E-state index in [1.54, 1.807) is 11.7 Å². The van der Waals surface area contributed by atoms with Crippen molar-refractivity contribution in [3.05, 3.63) is 39.8 Å². The second kappa shape index (κ2) is 9.62. The summed E-state index contributed by atoms with van der Waals surface area (Å²) in [6.07, 6.45) is 2.68. The molecule has 3 heterocycles. The van der Waals surface area contributed by atoms with Gasteiger partial charge in [-0.1, -0.05) is 19.4 Å². The summed E-state index contributed by atoms with van der Waals surface area (Å²) in [6, 6.07) is 6.21. The standard InChI is InChI=1S/C23H32N6O2/c1-4-6-18-20-21(28(3)27-18)23(30)26-22(25-20)17-15-16(7-8-19(17)31-5-2)9-12-29-13-10-24-11-14-29/h7-8,15,24H,4-6,9-14H2,1-3H3,(H,25,26,30). The molecular weight excluding hydrogens is 392 g/mol. The molecule has 1 aliphatic heterocycles. The van der Waals surface area contributed by atoms with Gasteiger partial charge in [-0.25, -0.2) is 4.98 Å². The molecule has 31 heavy (non-hydrogen) atoms. The lowest BCUT2D eigenvalue weighted by Crippen LogP contribution is -2.44. The van der Waals surface area contributed by atoms with Crippen molar-refractivity contribution in [2.45, 2.75) is 33.1 Å². The predicted octanol–water partition coefficient (Wildman–Crippen LogP) is 2.12. The Hall–Kier alpha value is -2.71. The third-order valence-corrected chi connectivity index (χ3v) is 5.77. The Morgan fingerprint density at radius 3 is 2.71 bits per heavy atom. The highest BCUT2D eigenvalue weighted by molar-refractivity contribution is 5.79. The number of benzene rings is 1. The molecule has 1 fully saturated rings. The highest BCUT2D eigenvalue weighted by atomic mass is 16.5. The zero-order valence-electron chi connectivity index (χ0n) is 18.7. The first kappa shape index (κ1) is 21.5. The van der Waals surface area contributed by atoms with Crippen molar-refractivity contribution in [1.82, 2.24) is 30.0 Å². The largest absolute Gasteiger partial charge is 0.493 e. The first-order valence-corrected chi connectivity index (χ1v) is 11.3. The van der Waals surface area contributed by atoms with Crippen LogP contribution in [0.15, 0.2) is 23.0 Å². The number of hydrogen-bond acceptors (Lipinski definition) is 6. The molecule has 8 nitrogen and oxygen atoms in total. The maximum Gasteiger partial charge on any atom is 0.277 e. The van der Waals surface area contributed by atoms with Gasteiger partial charge in [-0.05, 0) is 37.5 Å². The lowest BCUT2D eigenvalue weighted by atomic mass is 10.1. The molecule has 166 valence electrons. The number of piperazine rings is 1. The minimum Gasteiger partial charge on any atom is -0.493 e. The molecule has 0 radical (unpaired) electrons. The monoisotopic (exact) mass is 424 g/mol. The summed E-state index contributed by atoms with van der Waals surface area (Å²) >= 11 is 0. The summed E-state index contributed by atoms with van der Waals surface area (Å²) < 4.78 is 7.50. The molecule has 2 aromatic heterocycles. The van der Waals surface area contributed by atoms with Crippen LogP contribution in [0.25, 0.3) is 22.4 Å². The number of hydrogen-bond donors (Lipinski definition) is 2. The Balaban J connectivity index is 1.71. The fourth-order valence-electron chi connectivity index (χ4n) is 4.20. The van der Waals surface area contributed by atoms with Gasteiger partial charge < -0.3 is 19.9 Å². The van der Waals surface area contributed by atoms with E-state index in [9.17, 15) is 4.79 Å². The normalized spacial score (nSPS) is 14.9. The molecule has 0 spiro atoms. The third-order valence-electron chi connectivity index (χ3n) is 5.77. The average molecular weight is 425 g/mol. The number of fused-ring (bicyclic) bond motifs is 1. The molecule has 1 aliphatic rings. The van der Waals surface area contributed by atoms with Crippen LogP contribution in [0.1, 0.15) is 31.5 Å². The van der Waals surface area contributed by atoms with Crippen LogP contribution in [0.2, 0.25) is 0 Å². The van der Waals surface area contributed by atoms with Crippen LogP contribution in [0, 0.1) is 0 Å². The molecule has 0 saturated carbocycles. The van der Waals surface area contributed by atoms with Gasteiger partial charge in [-0.3, -0.25) is 9.48 Å². The zero-order valence-corrected chi connectivity index (χ0v) is 18.7. The molecule has 0 aliphatic carbocycles. The summed E-state index contributed by atoms with van der Waals surface area (Å²) in [5.74, 6) is 1.27. The van der Waals surface area contributed by atoms with Gasteiger partial charge >= 0.3 is 0 Å². The first-order valence-electron chi connectivity index (χ1n) is 11.3. The topological polar surface area (TPSA) is 88.1 Å². The number of nitrogens with one attached hydrogen (secondary N) is 2. The van der Waals surface area contributed by atoms with E-state index < -0.39 is 0 Å². The molecule has 2 N–H and O–H groups in total. The lowest BCUT2D eigenvalue weighted by molar-refractivity contribution is 0.244. The van der Waals surface area contributed by atoms with Gasteiger partial charge in [0.25, 0.3) is 5.56 Å². The Bertz CT molecular complexity index is 1100. The van der Waals surface area contributed by atoms with Crippen molar-refractivity contribution in [3.63, 3.8) is 0 Å². The van der Waals surface area contributed by atoms with Gasteiger partial charge in [-0.2, -0.15) is 5.10 Å². The molecular formula is C23H32N6O2. The molecule has 0 atom stereocenters. The maximum absolute atomic E-state index is 12.9. The molecule has 8 heteroatoms. The molecule has 3 aromatic rings. The van der Waals surface area contributed by atoms with Crippen LogP contribution < -0.4 is 15.6 Å². The Morgan fingerprint density at radius 2 is 1.97 bits per heavy atom. The van der Waals surface area contributed by atoms with Gasteiger partial charge in [0.15, 0.2) is 5.52 Å². The Kier molecular flexibility index (Phi) is 6.67. The van der Waals surface area contributed by atoms with E-state index in [2.05, 4.69) is 39.4 Å². The predicted molar refractivity (Wildman–Crippen MR) is 123 cm³/mol. The summed E-state index contributed by atoms with van der Waals surface area (Å²) in [7, 11) is 1.79. The molecule has 0 bridgehead atoms. The summed E-state index contributed by atoms with van der Waals surface area (Å²) in [5.41, 5.74) is 3.91. The van der Waals surface area contributed by atoms with Crippen molar-refractivity contribution in [3.8, 4) is 17.1 Å². The van der Waals surface area contributed by atoms with Crippen LogP contribution in [0.5, 0.6) is 5.75 Å². The number of aryl methyl sites for hydroxylation is 2. The van der Waals surface area contributed by atoms with Crippen LogP contribution in [0.4, 0.5) is 0 Å². The van der Waals surface area contributed by atoms with Crippen LogP contribution in [0.3, 0.4) is 0 Å². The number of aromatic nitrogens is 4.